The number of phenols is 1. The van der Waals surface area contributed by atoms with Crippen LogP contribution < -0.4 is 16.0 Å². The SMILES string of the molecule is Cc1cc(CNCc2cc(N(C)C)c3c(c2O)C(O)=C2C(=O)C4C(O)=C(C(N)=O)C(=O)C[C@@H]4C[C@@H]2C3)oc1C. The molecule has 0 radical (unpaired) electrons. The Morgan fingerprint density at radius 2 is 1.85 bits per heavy atom. The monoisotopic (exact) mass is 535 g/mol. The van der Waals surface area contributed by atoms with Crippen molar-refractivity contribution in [2.24, 2.45) is 23.5 Å². The third-order valence-electron chi connectivity index (χ3n) is 8.26. The van der Waals surface area contributed by atoms with Crippen molar-refractivity contribution in [3.63, 3.8) is 0 Å². The van der Waals surface area contributed by atoms with Gasteiger partial charge in [-0.05, 0) is 61.8 Å². The van der Waals surface area contributed by atoms with E-state index in [1.165, 1.54) is 0 Å². The fourth-order valence-corrected chi connectivity index (χ4v) is 6.33. The molecule has 3 aliphatic carbocycles. The summed E-state index contributed by atoms with van der Waals surface area (Å²) in [5.74, 6) is -3.76. The van der Waals surface area contributed by atoms with Gasteiger partial charge in [0.15, 0.2) is 11.6 Å². The van der Waals surface area contributed by atoms with E-state index in [1.807, 2.05) is 45.0 Å². The summed E-state index contributed by atoms with van der Waals surface area (Å²) in [6, 6.07) is 3.81. The molecule has 206 valence electrons. The van der Waals surface area contributed by atoms with Crippen molar-refractivity contribution in [1.29, 1.82) is 0 Å². The van der Waals surface area contributed by atoms with Crippen molar-refractivity contribution in [1.82, 2.24) is 5.32 Å². The van der Waals surface area contributed by atoms with Crippen LogP contribution in [0.1, 0.15) is 46.6 Å². The first-order valence-electron chi connectivity index (χ1n) is 13.0. The Balaban J connectivity index is 1.54. The summed E-state index contributed by atoms with van der Waals surface area (Å²) in [5, 5.41) is 36.8. The lowest BCUT2D eigenvalue weighted by Gasteiger charge is -2.41. The number of allylic oxidation sites excluding steroid dienone is 2. The van der Waals surface area contributed by atoms with Gasteiger partial charge in [-0.25, -0.2) is 0 Å². The van der Waals surface area contributed by atoms with Gasteiger partial charge in [0.05, 0.1) is 18.0 Å². The number of hydrogen-bond acceptors (Lipinski definition) is 9. The van der Waals surface area contributed by atoms with Crippen LogP contribution in [0.4, 0.5) is 5.69 Å². The minimum atomic E-state index is -1.14. The van der Waals surface area contributed by atoms with E-state index in [2.05, 4.69) is 5.32 Å². The Morgan fingerprint density at radius 1 is 1.13 bits per heavy atom. The van der Waals surface area contributed by atoms with Gasteiger partial charge in [-0.15, -0.1) is 0 Å². The van der Waals surface area contributed by atoms with Crippen LogP contribution in [-0.2, 0) is 33.9 Å². The van der Waals surface area contributed by atoms with Crippen LogP contribution in [0.2, 0.25) is 0 Å². The largest absolute Gasteiger partial charge is 0.511 e. The highest BCUT2D eigenvalue weighted by atomic mass is 16.3. The zero-order chi connectivity index (χ0) is 28.3. The average molecular weight is 536 g/mol. The van der Waals surface area contributed by atoms with Crippen LogP contribution in [0.15, 0.2) is 33.5 Å². The number of furan rings is 1. The van der Waals surface area contributed by atoms with Crippen molar-refractivity contribution >= 4 is 28.9 Å². The number of aliphatic hydroxyl groups is 2. The number of aliphatic hydroxyl groups excluding tert-OH is 2. The molecule has 10 nitrogen and oxygen atoms in total. The Bertz CT molecular complexity index is 1460. The average Bonchev–Trinajstić information content (AvgIpc) is 3.16. The zero-order valence-corrected chi connectivity index (χ0v) is 22.4. The molecule has 3 atom stereocenters. The van der Waals surface area contributed by atoms with E-state index < -0.39 is 46.6 Å². The second kappa shape index (κ2) is 9.60. The van der Waals surface area contributed by atoms with Gasteiger partial charge in [0.1, 0.15) is 34.4 Å². The number of ketones is 2. The molecule has 3 aliphatic rings. The number of carbonyl (C=O) groups excluding carboxylic acids is 3. The van der Waals surface area contributed by atoms with Crippen molar-refractivity contribution in [3.05, 3.63) is 62.8 Å². The molecule has 1 heterocycles. The van der Waals surface area contributed by atoms with Crippen molar-refractivity contribution in [2.75, 3.05) is 19.0 Å². The van der Waals surface area contributed by atoms with Gasteiger partial charge < -0.3 is 35.7 Å². The summed E-state index contributed by atoms with van der Waals surface area (Å²) in [6.45, 7) is 4.57. The summed E-state index contributed by atoms with van der Waals surface area (Å²) in [5.41, 5.74) is 8.12. The number of benzene rings is 1. The fraction of sp³-hybridized carbons (Fsp3) is 0.414. The highest BCUT2D eigenvalue weighted by molar-refractivity contribution is 6.21. The maximum Gasteiger partial charge on any atom is 0.255 e. The van der Waals surface area contributed by atoms with Crippen molar-refractivity contribution < 1.29 is 34.1 Å². The molecule has 1 saturated carbocycles. The molecule has 1 aromatic carbocycles. The second-order valence-corrected chi connectivity index (χ2v) is 11.0. The predicted molar refractivity (Wildman–Crippen MR) is 143 cm³/mol. The Labute approximate surface area is 225 Å². The van der Waals surface area contributed by atoms with Gasteiger partial charge in [-0.3, -0.25) is 14.4 Å². The van der Waals surface area contributed by atoms with Crippen LogP contribution in [0, 0.1) is 31.6 Å². The molecular formula is C29H33N3O7. The number of carbonyl (C=O) groups is 3. The molecule has 0 spiro atoms. The first-order valence-corrected chi connectivity index (χ1v) is 13.0. The van der Waals surface area contributed by atoms with Crippen LogP contribution in [0.3, 0.4) is 0 Å². The zero-order valence-electron chi connectivity index (χ0n) is 22.4. The number of aryl methyl sites for hydroxylation is 2. The summed E-state index contributed by atoms with van der Waals surface area (Å²) in [6.07, 6.45) is 0.641. The molecule has 2 aromatic rings. The number of rotatable bonds is 6. The summed E-state index contributed by atoms with van der Waals surface area (Å²) < 4.78 is 5.71. The maximum absolute atomic E-state index is 13.7. The third-order valence-corrected chi connectivity index (χ3v) is 8.26. The number of anilines is 1. The molecular weight excluding hydrogens is 502 g/mol. The molecule has 0 aliphatic heterocycles. The standard InChI is InChI=1S/C29H33N3O7/c1-12-5-17(39-13(12)2)11-31-10-16-8-19(32(3)4)18-7-14-6-15-9-20(33)24(29(30)38)28(37)22(15)26(35)21(14)27(36)23(18)25(16)34/h5,8,14-15,22,31,34,36-37H,6-7,9-11H2,1-4H3,(H2,30,38)/t14-,15+,22?/m1/s1. The molecule has 0 saturated heterocycles. The van der Waals surface area contributed by atoms with E-state index >= 15 is 0 Å². The molecule has 39 heavy (non-hydrogen) atoms. The van der Waals surface area contributed by atoms with Gasteiger partial charge in [0.25, 0.3) is 5.91 Å². The molecule has 1 amide bonds. The number of nitrogens with one attached hydrogen (secondary N) is 1. The van der Waals surface area contributed by atoms with E-state index in [-0.39, 0.29) is 35.6 Å². The lowest BCUT2D eigenvalue weighted by Crippen LogP contribution is -2.44. The van der Waals surface area contributed by atoms with Crippen LogP contribution in [-0.4, -0.2) is 46.9 Å². The minimum Gasteiger partial charge on any atom is -0.511 e. The number of amides is 1. The summed E-state index contributed by atoms with van der Waals surface area (Å²) in [4.78, 5) is 39.9. The molecule has 10 heteroatoms. The van der Waals surface area contributed by atoms with Gasteiger partial charge >= 0.3 is 0 Å². The first kappa shape index (κ1) is 26.6. The van der Waals surface area contributed by atoms with Crippen molar-refractivity contribution in [2.45, 2.75) is 46.2 Å². The number of hydrogen-bond donors (Lipinski definition) is 5. The summed E-state index contributed by atoms with van der Waals surface area (Å²) in [7, 11) is 3.73. The number of phenolic OH excluding ortho intramolecular Hbond substituents is 1. The quantitative estimate of drug-likeness (QED) is 0.350. The van der Waals surface area contributed by atoms with Gasteiger partial charge in [0, 0.05) is 43.9 Å². The van der Waals surface area contributed by atoms with Gasteiger partial charge in [-0.2, -0.15) is 0 Å². The number of aromatic hydroxyl groups is 1. The van der Waals surface area contributed by atoms with E-state index in [0.717, 1.165) is 22.8 Å². The van der Waals surface area contributed by atoms with Crippen LogP contribution in [0.5, 0.6) is 5.75 Å². The number of primary amides is 1. The number of fused-ring (bicyclic) bond motifs is 3. The molecule has 1 unspecified atom stereocenters. The van der Waals surface area contributed by atoms with E-state index in [1.54, 1.807) is 0 Å². The molecule has 1 fully saturated rings. The van der Waals surface area contributed by atoms with Gasteiger partial charge in [-0.1, -0.05) is 0 Å². The van der Waals surface area contributed by atoms with Crippen molar-refractivity contribution in [3.8, 4) is 5.75 Å². The van der Waals surface area contributed by atoms with E-state index in [9.17, 15) is 29.7 Å². The predicted octanol–water partition coefficient (Wildman–Crippen LogP) is 2.87. The lowest BCUT2D eigenvalue weighted by molar-refractivity contribution is -0.127. The number of nitrogens with zero attached hydrogens (tertiary/aromatic N) is 1. The van der Waals surface area contributed by atoms with Gasteiger partial charge in [0.2, 0.25) is 0 Å². The number of nitrogens with two attached hydrogens (primary N) is 1. The Kier molecular flexibility index (Phi) is 6.54. The Morgan fingerprint density at radius 3 is 2.46 bits per heavy atom. The van der Waals surface area contributed by atoms with Crippen LogP contribution >= 0.6 is 0 Å². The third kappa shape index (κ3) is 4.28. The smallest absolute Gasteiger partial charge is 0.255 e. The first-order chi connectivity index (χ1) is 18.4. The fourth-order valence-electron chi connectivity index (χ4n) is 6.33. The van der Waals surface area contributed by atoms with Crippen LogP contribution in [0.25, 0.3) is 5.76 Å². The molecule has 1 aromatic heterocycles. The van der Waals surface area contributed by atoms with E-state index in [0.29, 0.717) is 30.5 Å². The highest BCUT2D eigenvalue weighted by Crippen LogP contribution is 2.52. The number of Topliss-reactive ketones (excluding diaryl/α,β-unsaturated/α-hetero) is 2. The minimum absolute atomic E-state index is 0.0821. The lowest BCUT2D eigenvalue weighted by atomic mass is 9.61. The highest BCUT2D eigenvalue weighted by Gasteiger charge is 2.51. The topological polar surface area (TPSA) is 166 Å². The maximum atomic E-state index is 13.7. The molecule has 5 rings (SSSR count). The normalized spacial score (nSPS) is 22.5. The Hall–Kier alpha value is -4.05. The second-order valence-electron chi connectivity index (χ2n) is 11.0. The molecule has 0 bridgehead atoms. The van der Waals surface area contributed by atoms with E-state index in [4.69, 9.17) is 10.2 Å². The molecule has 6 N–H and O–H groups in total. The summed E-state index contributed by atoms with van der Waals surface area (Å²) >= 11 is 0.